The molecule has 0 unspecified atom stereocenters. The molecule has 4 heteroatoms. The Balaban J connectivity index is 2.83. The number of benzene rings is 1. The minimum absolute atomic E-state index is 0.156. The summed E-state index contributed by atoms with van der Waals surface area (Å²) in [6, 6.07) is 5.40. The van der Waals surface area contributed by atoms with Crippen LogP contribution >= 0.6 is 39.3 Å². The first-order valence-electron chi connectivity index (χ1n) is 3.79. The monoisotopic (exact) mass is 278 g/mol. The summed E-state index contributed by atoms with van der Waals surface area (Å²) in [6.45, 7) is 1.85. The molecule has 0 fully saturated rings. The van der Waals surface area contributed by atoms with Crippen LogP contribution in [0.5, 0.6) is 0 Å². The SMILES string of the molecule is CCC(=O)Sc1ccc(Cl)cc1Br. The molecule has 0 aliphatic rings. The average molecular weight is 280 g/mol. The van der Waals surface area contributed by atoms with Crippen LogP contribution in [0.4, 0.5) is 0 Å². The summed E-state index contributed by atoms with van der Waals surface area (Å²) >= 11 is 10.3. The van der Waals surface area contributed by atoms with Crippen molar-refractivity contribution >= 4 is 44.4 Å². The van der Waals surface area contributed by atoms with Gasteiger partial charge in [0.25, 0.3) is 0 Å². The number of rotatable bonds is 2. The number of thioether (sulfide) groups is 1. The van der Waals surface area contributed by atoms with Crippen LogP contribution in [0.2, 0.25) is 5.02 Å². The summed E-state index contributed by atoms with van der Waals surface area (Å²) in [5.74, 6) is 0. The van der Waals surface area contributed by atoms with Crippen LogP contribution in [0.3, 0.4) is 0 Å². The molecule has 0 atom stereocenters. The van der Waals surface area contributed by atoms with Crippen LogP contribution in [0, 0.1) is 0 Å². The molecule has 0 spiro atoms. The van der Waals surface area contributed by atoms with E-state index in [0.29, 0.717) is 11.4 Å². The van der Waals surface area contributed by atoms with Gasteiger partial charge in [-0.05, 0) is 34.1 Å². The summed E-state index contributed by atoms with van der Waals surface area (Å²) in [6.07, 6.45) is 0.541. The molecule has 0 radical (unpaired) electrons. The maximum Gasteiger partial charge on any atom is 0.193 e. The van der Waals surface area contributed by atoms with Crippen LogP contribution < -0.4 is 0 Å². The lowest BCUT2D eigenvalue weighted by atomic mass is 10.4. The predicted octanol–water partition coefficient (Wildman–Crippen LogP) is 4.13. The smallest absolute Gasteiger partial charge is 0.193 e. The Kier molecular flexibility index (Phi) is 4.29. The number of carbonyl (C=O) groups excluding carboxylic acids is 1. The highest BCUT2D eigenvalue weighted by Crippen LogP contribution is 2.30. The van der Waals surface area contributed by atoms with E-state index in [1.807, 2.05) is 13.0 Å². The highest BCUT2D eigenvalue weighted by atomic mass is 79.9. The summed E-state index contributed by atoms with van der Waals surface area (Å²) in [5.41, 5.74) is 0. The van der Waals surface area contributed by atoms with Gasteiger partial charge in [-0.1, -0.05) is 30.3 Å². The second-order valence-electron chi connectivity index (χ2n) is 2.40. The van der Waals surface area contributed by atoms with E-state index in [9.17, 15) is 4.79 Å². The zero-order chi connectivity index (χ0) is 9.84. The van der Waals surface area contributed by atoms with Gasteiger partial charge in [-0.2, -0.15) is 0 Å². The normalized spacial score (nSPS) is 10.1. The lowest BCUT2D eigenvalue weighted by Crippen LogP contribution is -1.87. The van der Waals surface area contributed by atoms with Gasteiger partial charge in [-0.25, -0.2) is 0 Å². The minimum Gasteiger partial charge on any atom is -0.287 e. The molecule has 1 nitrogen and oxygen atoms in total. The molecule has 70 valence electrons. The van der Waals surface area contributed by atoms with Gasteiger partial charge in [0.05, 0.1) is 0 Å². The van der Waals surface area contributed by atoms with E-state index in [2.05, 4.69) is 15.9 Å². The fourth-order valence-electron chi connectivity index (χ4n) is 0.753. The molecule has 13 heavy (non-hydrogen) atoms. The first-order chi connectivity index (χ1) is 6.13. The van der Waals surface area contributed by atoms with Crippen molar-refractivity contribution in [1.29, 1.82) is 0 Å². The third-order valence-electron chi connectivity index (χ3n) is 1.41. The molecular formula is C9H8BrClOS. The van der Waals surface area contributed by atoms with Crippen LogP contribution in [-0.4, -0.2) is 5.12 Å². The fourth-order valence-corrected chi connectivity index (χ4v) is 2.36. The molecule has 1 rings (SSSR count). The largest absolute Gasteiger partial charge is 0.287 e. The standard InChI is InChI=1S/C9H8BrClOS/c1-2-9(12)13-8-4-3-6(11)5-7(8)10/h3-5H,2H2,1H3. The highest BCUT2D eigenvalue weighted by molar-refractivity contribution is 9.10. The fraction of sp³-hybridized carbons (Fsp3) is 0.222. The van der Waals surface area contributed by atoms with Gasteiger partial charge < -0.3 is 0 Å². The van der Waals surface area contributed by atoms with Crippen LogP contribution in [-0.2, 0) is 4.79 Å². The third-order valence-corrected chi connectivity index (χ3v) is 3.65. The van der Waals surface area contributed by atoms with Gasteiger partial charge in [-0.3, -0.25) is 4.79 Å². The quantitative estimate of drug-likeness (QED) is 0.757. The van der Waals surface area contributed by atoms with E-state index in [0.717, 1.165) is 9.37 Å². The summed E-state index contributed by atoms with van der Waals surface area (Å²) in [7, 11) is 0. The first kappa shape index (κ1) is 11.1. The lowest BCUT2D eigenvalue weighted by molar-refractivity contribution is -0.110. The van der Waals surface area contributed by atoms with Crippen molar-refractivity contribution in [2.24, 2.45) is 0 Å². The molecule has 0 saturated heterocycles. The van der Waals surface area contributed by atoms with Crippen LogP contribution in [0.1, 0.15) is 13.3 Å². The van der Waals surface area contributed by atoms with E-state index in [1.165, 1.54) is 11.8 Å². The molecule has 1 aromatic rings. The molecule has 0 aliphatic heterocycles. The Morgan fingerprint density at radius 2 is 2.31 bits per heavy atom. The second-order valence-corrected chi connectivity index (χ2v) is 4.79. The Hall–Kier alpha value is 0.01000. The van der Waals surface area contributed by atoms with Crippen LogP contribution in [0.15, 0.2) is 27.6 Å². The van der Waals surface area contributed by atoms with Gasteiger partial charge in [-0.15, -0.1) is 0 Å². The number of hydrogen-bond donors (Lipinski definition) is 0. The van der Waals surface area contributed by atoms with E-state index in [-0.39, 0.29) is 5.12 Å². The Labute approximate surface area is 95.0 Å². The molecule has 0 aliphatic carbocycles. The van der Waals surface area contributed by atoms with E-state index >= 15 is 0 Å². The summed E-state index contributed by atoms with van der Waals surface area (Å²) < 4.78 is 0.867. The lowest BCUT2D eigenvalue weighted by Gasteiger charge is -2.01. The van der Waals surface area contributed by atoms with Crippen molar-refractivity contribution in [2.45, 2.75) is 18.2 Å². The highest BCUT2D eigenvalue weighted by Gasteiger charge is 2.05. The van der Waals surface area contributed by atoms with Crippen molar-refractivity contribution in [2.75, 3.05) is 0 Å². The Morgan fingerprint density at radius 3 is 2.85 bits per heavy atom. The minimum atomic E-state index is 0.156. The number of halogens is 2. The van der Waals surface area contributed by atoms with Crippen molar-refractivity contribution in [3.05, 3.63) is 27.7 Å². The van der Waals surface area contributed by atoms with Crippen LogP contribution in [0.25, 0.3) is 0 Å². The van der Waals surface area contributed by atoms with E-state index in [1.54, 1.807) is 12.1 Å². The maximum atomic E-state index is 11.1. The zero-order valence-electron chi connectivity index (χ0n) is 7.01. The molecule has 0 N–H and O–H groups in total. The second kappa shape index (κ2) is 5.03. The molecular weight excluding hydrogens is 272 g/mol. The Morgan fingerprint density at radius 1 is 1.62 bits per heavy atom. The average Bonchev–Trinajstić information content (AvgIpc) is 2.09. The Bertz CT molecular complexity index is 327. The first-order valence-corrected chi connectivity index (χ1v) is 5.78. The van der Waals surface area contributed by atoms with Gasteiger partial charge in [0.2, 0.25) is 0 Å². The molecule has 0 saturated carbocycles. The van der Waals surface area contributed by atoms with Gasteiger partial charge in [0.15, 0.2) is 5.12 Å². The maximum absolute atomic E-state index is 11.1. The third kappa shape index (κ3) is 3.33. The van der Waals surface area contributed by atoms with Gasteiger partial charge in [0.1, 0.15) is 0 Å². The van der Waals surface area contributed by atoms with E-state index < -0.39 is 0 Å². The van der Waals surface area contributed by atoms with E-state index in [4.69, 9.17) is 11.6 Å². The summed E-state index contributed by atoms with van der Waals surface area (Å²) in [5, 5.41) is 0.822. The number of hydrogen-bond acceptors (Lipinski definition) is 2. The van der Waals surface area contributed by atoms with Gasteiger partial charge in [0, 0.05) is 20.8 Å². The molecule has 1 aromatic carbocycles. The van der Waals surface area contributed by atoms with Crippen molar-refractivity contribution in [3.63, 3.8) is 0 Å². The van der Waals surface area contributed by atoms with Crippen molar-refractivity contribution in [3.8, 4) is 0 Å². The number of carbonyl (C=O) groups is 1. The molecule has 0 amide bonds. The molecule has 0 bridgehead atoms. The predicted molar refractivity (Wildman–Crippen MR) is 60.3 cm³/mol. The molecule has 0 aromatic heterocycles. The summed E-state index contributed by atoms with van der Waals surface area (Å²) in [4.78, 5) is 12.0. The van der Waals surface area contributed by atoms with Crippen molar-refractivity contribution < 1.29 is 4.79 Å². The van der Waals surface area contributed by atoms with Crippen molar-refractivity contribution in [1.82, 2.24) is 0 Å². The van der Waals surface area contributed by atoms with Gasteiger partial charge >= 0.3 is 0 Å². The molecule has 0 heterocycles. The zero-order valence-corrected chi connectivity index (χ0v) is 10.2. The topological polar surface area (TPSA) is 17.1 Å².